The van der Waals surface area contributed by atoms with Gasteiger partial charge in [0.1, 0.15) is 5.76 Å². The SMILES string of the molecule is c1oc(CN2CCSCC2)cc1CNC1CC1. The van der Waals surface area contributed by atoms with Crippen LogP contribution in [0.5, 0.6) is 0 Å². The summed E-state index contributed by atoms with van der Waals surface area (Å²) < 4.78 is 5.63. The van der Waals surface area contributed by atoms with Crippen LogP contribution in [0.3, 0.4) is 0 Å². The van der Waals surface area contributed by atoms with Gasteiger partial charge in [0.2, 0.25) is 0 Å². The van der Waals surface area contributed by atoms with Gasteiger partial charge in [-0.25, -0.2) is 0 Å². The first-order chi connectivity index (χ1) is 8.40. The number of nitrogens with one attached hydrogen (secondary N) is 1. The largest absolute Gasteiger partial charge is 0.468 e. The summed E-state index contributed by atoms with van der Waals surface area (Å²) >= 11 is 2.05. The van der Waals surface area contributed by atoms with E-state index in [1.54, 1.807) is 0 Å². The van der Waals surface area contributed by atoms with Crippen LogP contribution in [0, 0.1) is 0 Å². The van der Waals surface area contributed by atoms with Gasteiger partial charge in [-0.3, -0.25) is 4.90 Å². The van der Waals surface area contributed by atoms with Crippen LogP contribution in [-0.2, 0) is 13.1 Å². The minimum absolute atomic E-state index is 0.771. The minimum atomic E-state index is 0.771. The first kappa shape index (κ1) is 11.6. The van der Waals surface area contributed by atoms with Crippen LogP contribution < -0.4 is 5.32 Å². The molecular formula is C13H20N2OS. The molecule has 1 saturated carbocycles. The van der Waals surface area contributed by atoms with Crippen molar-refractivity contribution in [2.45, 2.75) is 32.0 Å². The highest BCUT2D eigenvalue weighted by atomic mass is 32.2. The van der Waals surface area contributed by atoms with Gasteiger partial charge in [-0.15, -0.1) is 0 Å². The van der Waals surface area contributed by atoms with Gasteiger partial charge in [0.15, 0.2) is 0 Å². The lowest BCUT2D eigenvalue weighted by atomic mass is 10.3. The van der Waals surface area contributed by atoms with Crippen molar-refractivity contribution in [3.05, 3.63) is 23.7 Å². The molecular weight excluding hydrogens is 232 g/mol. The summed E-state index contributed by atoms with van der Waals surface area (Å²) in [6.45, 7) is 4.33. The Hall–Kier alpha value is -0.450. The van der Waals surface area contributed by atoms with Gasteiger partial charge in [-0.05, 0) is 18.9 Å². The lowest BCUT2D eigenvalue weighted by Gasteiger charge is -2.24. The summed E-state index contributed by atoms with van der Waals surface area (Å²) in [5, 5.41) is 3.51. The van der Waals surface area contributed by atoms with E-state index in [0.717, 1.165) is 24.9 Å². The van der Waals surface area contributed by atoms with Crippen LogP contribution in [0.2, 0.25) is 0 Å². The van der Waals surface area contributed by atoms with Crippen molar-refractivity contribution >= 4 is 11.8 Å². The molecule has 0 spiro atoms. The van der Waals surface area contributed by atoms with E-state index >= 15 is 0 Å². The predicted octanol–water partition coefficient (Wildman–Crippen LogP) is 2.08. The molecule has 1 saturated heterocycles. The van der Waals surface area contributed by atoms with Gasteiger partial charge >= 0.3 is 0 Å². The fourth-order valence-electron chi connectivity index (χ4n) is 2.13. The second-order valence-electron chi connectivity index (χ2n) is 4.96. The molecule has 2 aliphatic rings. The molecule has 0 aromatic carbocycles. The van der Waals surface area contributed by atoms with E-state index in [2.05, 4.69) is 28.0 Å². The summed E-state index contributed by atoms with van der Waals surface area (Å²) in [5.41, 5.74) is 1.29. The second kappa shape index (κ2) is 5.46. The minimum Gasteiger partial charge on any atom is -0.468 e. The summed E-state index contributed by atoms with van der Waals surface area (Å²) in [5.74, 6) is 3.64. The highest BCUT2D eigenvalue weighted by Gasteiger charge is 2.20. The maximum absolute atomic E-state index is 5.63. The number of thioether (sulfide) groups is 1. The van der Waals surface area contributed by atoms with E-state index in [-0.39, 0.29) is 0 Å². The lowest BCUT2D eigenvalue weighted by Crippen LogP contribution is -2.31. The normalized spacial score (nSPS) is 21.9. The molecule has 4 heteroatoms. The molecule has 0 bridgehead atoms. The molecule has 0 atom stereocenters. The van der Waals surface area contributed by atoms with Crippen molar-refractivity contribution in [2.75, 3.05) is 24.6 Å². The average Bonchev–Trinajstić information content (AvgIpc) is 3.09. The molecule has 2 fully saturated rings. The van der Waals surface area contributed by atoms with Gasteiger partial charge < -0.3 is 9.73 Å². The summed E-state index contributed by atoms with van der Waals surface area (Å²) in [7, 11) is 0. The summed E-state index contributed by atoms with van der Waals surface area (Å²) in [6, 6.07) is 2.98. The van der Waals surface area contributed by atoms with Crippen molar-refractivity contribution in [2.24, 2.45) is 0 Å². The van der Waals surface area contributed by atoms with Gasteiger partial charge in [-0.2, -0.15) is 11.8 Å². The molecule has 0 amide bonds. The monoisotopic (exact) mass is 252 g/mol. The van der Waals surface area contributed by atoms with Crippen molar-refractivity contribution in [1.29, 1.82) is 0 Å². The first-order valence-electron chi connectivity index (χ1n) is 6.50. The van der Waals surface area contributed by atoms with Crippen molar-refractivity contribution in [3.63, 3.8) is 0 Å². The number of hydrogen-bond donors (Lipinski definition) is 1. The standard InChI is InChI=1S/C13H20N2OS/c1-2-12(1)14-8-11-7-13(16-10-11)9-15-3-5-17-6-4-15/h7,10,12,14H,1-6,8-9H2. The van der Waals surface area contributed by atoms with E-state index < -0.39 is 0 Å². The molecule has 2 heterocycles. The van der Waals surface area contributed by atoms with Gasteiger partial charge in [0, 0.05) is 42.7 Å². The fourth-order valence-corrected chi connectivity index (χ4v) is 3.11. The Morgan fingerprint density at radius 2 is 2.18 bits per heavy atom. The Labute approximate surface area is 107 Å². The molecule has 1 aromatic rings. The maximum atomic E-state index is 5.63. The average molecular weight is 252 g/mol. The van der Waals surface area contributed by atoms with E-state index in [1.165, 1.54) is 43.0 Å². The fraction of sp³-hybridized carbons (Fsp3) is 0.692. The number of furan rings is 1. The molecule has 1 N–H and O–H groups in total. The van der Waals surface area contributed by atoms with Crippen molar-refractivity contribution in [3.8, 4) is 0 Å². The summed E-state index contributed by atoms with van der Waals surface area (Å²) in [4.78, 5) is 2.48. The zero-order valence-electron chi connectivity index (χ0n) is 10.2. The molecule has 0 radical (unpaired) electrons. The Morgan fingerprint density at radius 1 is 1.35 bits per heavy atom. The molecule has 3 rings (SSSR count). The Kier molecular flexibility index (Phi) is 3.74. The molecule has 1 aliphatic heterocycles. The van der Waals surface area contributed by atoms with E-state index in [1.807, 2.05) is 6.26 Å². The molecule has 3 nitrogen and oxygen atoms in total. The first-order valence-corrected chi connectivity index (χ1v) is 7.65. The van der Waals surface area contributed by atoms with E-state index in [0.29, 0.717) is 0 Å². The second-order valence-corrected chi connectivity index (χ2v) is 6.19. The third-order valence-electron chi connectivity index (χ3n) is 3.36. The van der Waals surface area contributed by atoms with E-state index in [4.69, 9.17) is 4.42 Å². The third-order valence-corrected chi connectivity index (χ3v) is 4.31. The van der Waals surface area contributed by atoms with Crippen molar-refractivity contribution < 1.29 is 4.42 Å². The van der Waals surface area contributed by atoms with Crippen LogP contribution in [0.4, 0.5) is 0 Å². The quantitative estimate of drug-likeness (QED) is 0.868. The highest BCUT2D eigenvalue weighted by molar-refractivity contribution is 7.99. The predicted molar refractivity (Wildman–Crippen MR) is 71.2 cm³/mol. The van der Waals surface area contributed by atoms with Gasteiger partial charge in [-0.1, -0.05) is 0 Å². The van der Waals surface area contributed by atoms with Crippen LogP contribution in [-0.4, -0.2) is 35.5 Å². The van der Waals surface area contributed by atoms with Gasteiger partial charge in [0.25, 0.3) is 0 Å². The maximum Gasteiger partial charge on any atom is 0.118 e. The van der Waals surface area contributed by atoms with E-state index in [9.17, 15) is 0 Å². The van der Waals surface area contributed by atoms with Gasteiger partial charge in [0.05, 0.1) is 12.8 Å². The Morgan fingerprint density at radius 3 is 2.94 bits per heavy atom. The molecule has 1 aliphatic carbocycles. The molecule has 0 unspecified atom stereocenters. The molecule has 1 aromatic heterocycles. The van der Waals surface area contributed by atoms with Crippen LogP contribution >= 0.6 is 11.8 Å². The zero-order valence-corrected chi connectivity index (χ0v) is 11.0. The zero-order chi connectivity index (χ0) is 11.5. The molecule has 94 valence electrons. The number of rotatable bonds is 5. The Balaban J connectivity index is 1.48. The molecule has 17 heavy (non-hydrogen) atoms. The van der Waals surface area contributed by atoms with Crippen molar-refractivity contribution in [1.82, 2.24) is 10.2 Å². The van der Waals surface area contributed by atoms with Crippen LogP contribution in [0.15, 0.2) is 16.7 Å². The van der Waals surface area contributed by atoms with Crippen LogP contribution in [0.25, 0.3) is 0 Å². The van der Waals surface area contributed by atoms with Crippen LogP contribution in [0.1, 0.15) is 24.2 Å². The topological polar surface area (TPSA) is 28.4 Å². The number of hydrogen-bond acceptors (Lipinski definition) is 4. The number of nitrogens with zero attached hydrogens (tertiary/aromatic N) is 1. The smallest absolute Gasteiger partial charge is 0.118 e. The lowest BCUT2D eigenvalue weighted by molar-refractivity contribution is 0.268. The third kappa shape index (κ3) is 3.50. The Bertz CT molecular complexity index is 356. The summed E-state index contributed by atoms with van der Waals surface area (Å²) in [6.07, 6.45) is 4.59. The highest BCUT2D eigenvalue weighted by Crippen LogP contribution is 2.20.